The predicted molar refractivity (Wildman–Crippen MR) is 125 cm³/mol. The number of carbonyl (C=O) groups excluding carboxylic acids is 1. The van der Waals surface area contributed by atoms with E-state index in [0.29, 0.717) is 26.2 Å². The van der Waals surface area contributed by atoms with Gasteiger partial charge in [0.05, 0.1) is 40.0 Å². The maximum absolute atomic E-state index is 12.9. The summed E-state index contributed by atoms with van der Waals surface area (Å²) in [6, 6.07) is 15.7. The van der Waals surface area contributed by atoms with Crippen LogP contribution in [-0.2, 0) is 17.9 Å². The van der Waals surface area contributed by atoms with Crippen LogP contribution in [0.1, 0.15) is 11.1 Å². The Labute approximate surface area is 190 Å². The molecule has 8 nitrogen and oxygen atoms in total. The molecule has 2 aromatic carbocycles. The standard InChI is InChI=1S/C24H33N5O3/c1-18-14-29(23(25)16-28(18)15-20-7-11-22(32-4)12-8-20)24(30)17-27(2)26-13-19-5-9-21(31-3)10-6-19/h5-12,23,26H,1,13-17,25H2,2-4H3. The van der Waals surface area contributed by atoms with Crippen LogP contribution < -0.4 is 20.6 Å². The van der Waals surface area contributed by atoms with E-state index < -0.39 is 0 Å². The molecule has 0 spiro atoms. The van der Waals surface area contributed by atoms with Gasteiger partial charge in [0, 0.05) is 25.8 Å². The van der Waals surface area contributed by atoms with Gasteiger partial charge in [-0.25, -0.2) is 5.01 Å². The van der Waals surface area contributed by atoms with Crippen LogP contribution in [0, 0.1) is 0 Å². The highest BCUT2D eigenvalue weighted by atomic mass is 16.5. The molecule has 1 fully saturated rings. The summed E-state index contributed by atoms with van der Waals surface area (Å²) in [5, 5.41) is 1.78. The van der Waals surface area contributed by atoms with Crippen molar-refractivity contribution in [2.45, 2.75) is 19.3 Å². The average molecular weight is 440 g/mol. The highest BCUT2D eigenvalue weighted by Gasteiger charge is 2.30. The van der Waals surface area contributed by atoms with Gasteiger partial charge in [-0.05, 0) is 35.4 Å². The fraction of sp³-hybridized carbons (Fsp3) is 0.375. The van der Waals surface area contributed by atoms with Crippen molar-refractivity contribution in [2.75, 3.05) is 40.9 Å². The Morgan fingerprint density at radius 2 is 1.66 bits per heavy atom. The monoisotopic (exact) mass is 439 g/mol. The van der Waals surface area contributed by atoms with Crippen LogP contribution in [0.3, 0.4) is 0 Å². The van der Waals surface area contributed by atoms with E-state index in [1.807, 2.05) is 55.6 Å². The molecule has 1 atom stereocenters. The maximum Gasteiger partial charge on any atom is 0.239 e. The zero-order valence-corrected chi connectivity index (χ0v) is 19.1. The van der Waals surface area contributed by atoms with Crippen molar-refractivity contribution in [1.82, 2.24) is 20.2 Å². The van der Waals surface area contributed by atoms with Crippen LogP contribution >= 0.6 is 0 Å². The summed E-state index contributed by atoms with van der Waals surface area (Å²) in [6.45, 7) is 6.66. The van der Waals surface area contributed by atoms with Gasteiger partial charge in [0.1, 0.15) is 11.5 Å². The van der Waals surface area contributed by atoms with Gasteiger partial charge < -0.3 is 25.0 Å². The lowest BCUT2D eigenvalue weighted by Gasteiger charge is -2.42. The van der Waals surface area contributed by atoms with Gasteiger partial charge in [0.2, 0.25) is 5.91 Å². The molecule has 3 N–H and O–H groups in total. The second-order valence-electron chi connectivity index (χ2n) is 7.92. The zero-order valence-electron chi connectivity index (χ0n) is 19.1. The van der Waals surface area contributed by atoms with E-state index in [-0.39, 0.29) is 18.6 Å². The number of hydrogen-bond acceptors (Lipinski definition) is 7. The molecular weight excluding hydrogens is 406 g/mol. The Kier molecular flexibility index (Phi) is 8.10. The molecule has 1 saturated heterocycles. The van der Waals surface area contributed by atoms with Crippen LogP contribution in [0.5, 0.6) is 11.5 Å². The third-order valence-corrected chi connectivity index (χ3v) is 5.55. The largest absolute Gasteiger partial charge is 0.497 e. The number of hydrazine groups is 1. The second kappa shape index (κ2) is 11.0. The van der Waals surface area contributed by atoms with E-state index in [2.05, 4.69) is 16.9 Å². The lowest BCUT2D eigenvalue weighted by Crippen LogP contribution is -2.59. The molecule has 0 radical (unpaired) electrons. The van der Waals surface area contributed by atoms with E-state index in [9.17, 15) is 4.79 Å². The van der Waals surface area contributed by atoms with Crippen molar-refractivity contribution >= 4 is 5.91 Å². The Morgan fingerprint density at radius 1 is 1.09 bits per heavy atom. The lowest BCUT2D eigenvalue weighted by atomic mass is 10.1. The quantitative estimate of drug-likeness (QED) is 0.577. The first-order valence-electron chi connectivity index (χ1n) is 10.6. The molecule has 1 amide bonds. The number of carbonyl (C=O) groups is 1. The summed E-state index contributed by atoms with van der Waals surface area (Å²) in [4.78, 5) is 16.7. The molecule has 2 aromatic rings. The van der Waals surface area contributed by atoms with Gasteiger partial charge in [0.15, 0.2) is 0 Å². The molecule has 0 bridgehead atoms. The molecule has 8 heteroatoms. The molecule has 3 rings (SSSR count). The van der Waals surface area contributed by atoms with Crippen molar-refractivity contribution in [1.29, 1.82) is 0 Å². The van der Waals surface area contributed by atoms with Gasteiger partial charge in [0.25, 0.3) is 0 Å². The van der Waals surface area contributed by atoms with Crippen LogP contribution in [0.25, 0.3) is 0 Å². The van der Waals surface area contributed by atoms with Crippen molar-refractivity contribution in [3.63, 3.8) is 0 Å². The van der Waals surface area contributed by atoms with Gasteiger partial charge in [-0.3, -0.25) is 10.2 Å². The molecule has 1 heterocycles. The molecule has 1 aliphatic rings. The summed E-state index contributed by atoms with van der Waals surface area (Å²) in [7, 11) is 5.14. The molecular formula is C24H33N5O3. The first-order chi connectivity index (χ1) is 15.4. The summed E-state index contributed by atoms with van der Waals surface area (Å²) in [5.41, 5.74) is 12.7. The molecule has 1 aliphatic heterocycles. The highest BCUT2D eigenvalue weighted by Crippen LogP contribution is 2.20. The zero-order chi connectivity index (χ0) is 23.1. The molecule has 172 valence electrons. The molecule has 0 saturated carbocycles. The Bertz CT molecular complexity index is 901. The number of nitrogens with zero attached hydrogens (tertiary/aromatic N) is 3. The number of methoxy groups -OCH3 is 2. The summed E-state index contributed by atoms with van der Waals surface area (Å²) in [5.74, 6) is 1.61. The SMILES string of the molecule is C=C1CN(C(=O)CN(C)NCc2ccc(OC)cc2)C(N)CN1Cc1ccc(OC)cc1. The van der Waals surface area contributed by atoms with Crippen LogP contribution in [0.4, 0.5) is 0 Å². The van der Waals surface area contributed by atoms with Crippen LogP contribution in [0.15, 0.2) is 60.8 Å². The van der Waals surface area contributed by atoms with Crippen molar-refractivity contribution in [2.24, 2.45) is 5.73 Å². The third-order valence-electron chi connectivity index (χ3n) is 5.55. The van der Waals surface area contributed by atoms with E-state index in [1.54, 1.807) is 24.1 Å². The van der Waals surface area contributed by atoms with Crippen molar-refractivity contribution < 1.29 is 14.3 Å². The highest BCUT2D eigenvalue weighted by molar-refractivity contribution is 5.79. The minimum absolute atomic E-state index is 0.0347. The number of rotatable bonds is 9. The topological polar surface area (TPSA) is 83.3 Å². The van der Waals surface area contributed by atoms with Crippen molar-refractivity contribution in [3.8, 4) is 11.5 Å². The Hall–Kier alpha value is -3.07. The number of hydrogen-bond donors (Lipinski definition) is 2. The first kappa shape index (κ1) is 23.6. The summed E-state index contributed by atoms with van der Waals surface area (Å²) in [6.07, 6.45) is -0.388. The second-order valence-corrected chi connectivity index (χ2v) is 7.92. The average Bonchev–Trinajstić information content (AvgIpc) is 2.80. The number of likely N-dealkylation sites (N-methyl/N-ethyl adjacent to an activating group) is 1. The molecule has 0 aromatic heterocycles. The maximum atomic E-state index is 12.9. The van der Waals surface area contributed by atoms with E-state index >= 15 is 0 Å². The van der Waals surface area contributed by atoms with Gasteiger partial charge in [-0.1, -0.05) is 30.8 Å². The Morgan fingerprint density at radius 3 is 2.22 bits per heavy atom. The van der Waals surface area contributed by atoms with Crippen LogP contribution in [0.2, 0.25) is 0 Å². The summed E-state index contributed by atoms with van der Waals surface area (Å²) < 4.78 is 10.4. The minimum atomic E-state index is -0.388. The van der Waals surface area contributed by atoms with E-state index in [4.69, 9.17) is 15.2 Å². The number of nitrogens with two attached hydrogens (primary N) is 1. The van der Waals surface area contributed by atoms with E-state index in [1.165, 1.54) is 0 Å². The number of piperazine rings is 1. The number of ether oxygens (including phenoxy) is 2. The number of amides is 1. The Balaban J connectivity index is 1.48. The number of nitrogens with one attached hydrogen (secondary N) is 1. The molecule has 32 heavy (non-hydrogen) atoms. The predicted octanol–water partition coefficient (Wildman–Crippen LogP) is 1.78. The van der Waals surface area contributed by atoms with Crippen LogP contribution in [-0.4, -0.2) is 67.8 Å². The lowest BCUT2D eigenvalue weighted by molar-refractivity contribution is -0.136. The minimum Gasteiger partial charge on any atom is -0.497 e. The number of benzene rings is 2. The molecule has 1 unspecified atom stereocenters. The fourth-order valence-corrected chi connectivity index (χ4v) is 3.59. The van der Waals surface area contributed by atoms with Crippen molar-refractivity contribution in [3.05, 3.63) is 71.9 Å². The van der Waals surface area contributed by atoms with E-state index in [0.717, 1.165) is 28.3 Å². The first-order valence-corrected chi connectivity index (χ1v) is 10.6. The fourth-order valence-electron chi connectivity index (χ4n) is 3.59. The molecule has 0 aliphatic carbocycles. The normalized spacial score (nSPS) is 16.4. The summed E-state index contributed by atoms with van der Waals surface area (Å²) >= 11 is 0. The van der Waals surface area contributed by atoms with Gasteiger partial charge in [-0.2, -0.15) is 0 Å². The third kappa shape index (κ3) is 6.23. The van der Waals surface area contributed by atoms with Gasteiger partial charge in [-0.15, -0.1) is 0 Å². The van der Waals surface area contributed by atoms with Gasteiger partial charge >= 0.3 is 0 Å². The smallest absolute Gasteiger partial charge is 0.239 e.